The van der Waals surface area contributed by atoms with Crippen LogP contribution in [0, 0.1) is 6.92 Å². The van der Waals surface area contributed by atoms with Gasteiger partial charge in [0.15, 0.2) is 0 Å². The summed E-state index contributed by atoms with van der Waals surface area (Å²) >= 11 is 0. The maximum Gasteiger partial charge on any atom is 0.410 e. The molecule has 1 aliphatic heterocycles. The van der Waals surface area contributed by atoms with E-state index in [1.807, 2.05) is 6.92 Å². The predicted octanol–water partition coefficient (Wildman–Crippen LogP) is 3.40. The number of benzene rings is 1. The van der Waals surface area contributed by atoms with Crippen molar-refractivity contribution in [3.63, 3.8) is 0 Å². The third-order valence-electron chi connectivity index (χ3n) is 4.12. The molecule has 1 heterocycles. The van der Waals surface area contributed by atoms with Crippen LogP contribution >= 0.6 is 0 Å². The smallest absolute Gasteiger partial charge is 0.410 e. The number of rotatable bonds is 3. The number of phenolic OH excluding ortho intramolecular Hbond substituents is 1. The summed E-state index contributed by atoms with van der Waals surface area (Å²) in [6.45, 7) is 7.69. The van der Waals surface area contributed by atoms with Gasteiger partial charge in [-0.25, -0.2) is 4.79 Å². The number of carboxylic acid groups (broad SMARTS) is 1. The molecule has 0 radical (unpaired) electrons. The number of aliphatic carboxylic acids is 1. The van der Waals surface area contributed by atoms with Gasteiger partial charge in [0.25, 0.3) is 0 Å². The molecule has 6 heteroatoms. The minimum Gasteiger partial charge on any atom is -0.508 e. The second-order valence-electron chi connectivity index (χ2n) is 7.17. The molecule has 2 rings (SSSR count). The van der Waals surface area contributed by atoms with Gasteiger partial charge in [0.2, 0.25) is 0 Å². The molecule has 0 spiro atoms. The average molecular weight is 335 g/mol. The minimum atomic E-state index is -0.913. The molecule has 0 bridgehead atoms. The molecule has 1 unspecified atom stereocenters. The van der Waals surface area contributed by atoms with E-state index in [-0.39, 0.29) is 18.6 Å². The molecular formula is C18H25NO5. The van der Waals surface area contributed by atoms with Gasteiger partial charge in [-0.15, -0.1) is 0 Å². The monoisotopic (exact) mass is 335 g/mol. The fraction of sp³-hybridized carbons (Fsp3) is 0.556. The summed E-state index contributed by atoms with van der Waals surface area (Å²) in [5.74, 6) is -0.719. The lowest BCUT2D eigenvalue weighted by Gasteiger charge is -2.39. The Morgan fingerprint density at radius 3 is 2.58 bits per heavy atom. The number of carbonyl (C=O) groups excluding carboxylic acids is 1. The number of aromatic hydroxyl groups is 1. The van der Waals surface area contributed by atoms with E-state index in [0.717, 1.165) is 16.7 Å². The first-order valence-electron chi connectivity index (χ1n) is 8.13. The Hall–Kier alpha value is -2.24. The summed E-state index contributed by atoms with van der Waals surface area (Å²) in [4.78, 5) is 25.2. The molecular weight excluding hydrogens is 310 g/mol. The SMILES string of the molecule is Cc1ccc(O)c2c1C(CCC(=O)O)N(C(=O)OC(C)(C)C)CC2. The quantitative estimate of drug-likeness (QED) is 0.884. The van der Waals surface area contributed by atoms with E-state index in [1.54, 1.807) is 37.8 Å². The molecule has 0 fully saturated rings. The molecule has 1 aromatic carbocycles. The average Bonchev–Trinajstić information content (AvgIpc) is 2.46. The normalized spacial score (nSPS) is 17.3. The molecule has 0 aliphatic carbocycles. The molecule has 1 aromatic rings. The van der Waals surface area contributed by atoms with Crippen LogP contribution in [-0.4, -0.2) is 39.3 Å². The molecule has 132 valence electrons. The number of hydrogen-bond donors (Lipinski definition) is 2. The minimum absolute atomic E-state index is 0.0570. The van der Waals surface area contributed by atoms with Crippen molar-refractivity contribution in [1.82, 2.24) is 4.90 Å². The fourth-order valence-corrected chi connectivity index (χ4v) is 3.14. The number of nitrogens with zero attached hydrogens (tertiary/aromatic N) is 1. The summed E-state index contributed by atoms with van der Waals surface area (Å²) in [7, 11) is 0. The van der Waals surface area contributed by atoms with E-state index >= 15 is 0 Å². The zero-order valence-corrected chi connectivity index (χ0v) is 14.6. The lowest BCUT2D eigenvalue weighted by atomic mass is 9.86. The van der Waals surface area contributed by atoms with Crippen molar-refractivity contribution >= 4 is 12.1 Å². The highest BCUT2D eigenvalue weighted by Gasteiger charge is 2.35. The lowest BCUT2D eigenvalue weighted by molar-refractivity contribution is -0.137. The Balaban J connectivity index is 2.39. The van der Waals surface area contributed by atoms with E-state index in [4.69, 9.17) is 9.84 Å². The maximum atomic E-state index is 12.6. The van der Waals surface area contributed by atoms with Crippen LogP contribution in [0.5, 0.6) is 5.75 Å². The number of ether oxygens (including phenoxy) is 1. The topological polar surface area (TPSA) is 87.1 Å². The van der Waals surface area contributed by atoms with Crippen LogP contribution in [0.25, 0.3) is 0 Å². The molecule has 0 saturated carbocycles. The van der Waals surface area contributed by atoms with Crippen LogP contribution in [0.15, 0.2) is 12.1 Å². The lowest BCUT2D eigenvalue weighted by Crippen LogP contribution is -2.43. The Bertz CT molecular complexity index is 648. The number of phenols is 1. The standard InChI is InChI=1S/C18H25NO5/c1-11-5-7-14(20)12-9-10-19(17(23)24-18(2,3)4)13(16(11)12)6-8-15(21)22/h5,7,13,20H,6,8-10H2,1-4H3,(H,21,22). The van der Waals surface area contributed by atoms with Crippen molar-refractivity contribution in [2.24, 2.45) is 0 Å². The fourth-order valence-electron chi connectivity index (χ4n) is 3.14. The van der Waals surface area contributed by atoms with Crippen LogP contribution in [0.1, 0.15) is 56.3 Å². The first-order chi connectivity index (χ1) is 11.1. The number of carbonyl (C=O) groups is 2. The van der Waals surface area contributed by atoms with E-state index in [0.29, 0.717) is 13.0 Å². The molecule has 0 saturated heterocycles. The van der Waals surface area contributed by atoms with Crippen molar-refractivity contribution < 1.29 is 24.5 Å². The molecule has 6 nitrogen and oxygen atoms in total. The highest BCUT2D eigenvalue weighted by molar-refractivity contribution is 5.71. The molecule has 2 N–H and O–H groups in total. The van der Waals surface area contributed by atoms with Gasteiger partial charge in [0, 0.05) is 18.5 Å². The van der Waals surface area contributed by atoms with E-state index in [2.05, 4.69) is 0 Å². The van der Waals surface area contributed by atoms with Gasteiger partial charge in [0.05, 0.1) is 6.04 Å². The Morgan fingerprint density at radius 1 is 1.33 bits per heavy atom. The summed E-state index contributed by atoms with van der Waals surface area (Å²) in [5, 5.41) is 19.2. The van der Waals surface area contributed by atoms with Crippen LogP contribution in [0.4, 0.5) is 4.79 Å². The number of fused-ring (bicyclic) bond motifs is 1. The van der Waals surface area contributed by atoms with Gasteiger partial charge >= 0.3 is 12.1 Å². The second-order valence-corrected chi connectivity index (χ2v) is 7.17. The van der Waals surface area contributed by atoms with Crippen molar-refractivity contribution in [2.45, 2.75) is 58.6 Å². The van der Waals surface area contributed by atoms with E-state index in [9.17, 15) is 14.7 Å². The van der Waals surface area contributed by atoms with Gasteiger partial charge in [-0.2, -0.15) is 0 Å². The van der Waals surface area contributed by atoms with Gasteiger partial charge in [-0.3, -0.25) is 4.79 Å². The summed E-state index contributed by atoms with van der Waals surface area (Å²) < 4.78 is 5.48. The van der Waals surface area contributed by atoms with Gasteiger partial charge in [-0.05, 0) is 57.7 Å². The largest absolute Gasteiger partial charge is 0.508 e. The molecule has 1 atom stereocenters. The van der Waals surface area contributed by atoms with Crippen LogP contribution < -0.4 is 0 Å². The third kappa shape index (κ3) is 3.99. The molecule has 1 amide bonds. The van der Waals surface area contributed by atoms with Crippen LogP contribution in [0.2, 0.25) is 0 Å². The van der Waals surface area contributed by atoms with E-state index < -0.39 is 23.7 Å². The number of carboxylic acids is 1. The molecule has 0 aromatic heterocycles. The highest BCUT2D eigenvalue weighted by atomic mass is 16.6. The van der Waals surface area contributed by atoms with Crippen LogP contribution in [0.3, 0.4) is 0 Å². The Labute approximate surface area is 142 Å². The number of aryl methyl sites for hydroxylation is 1. The van der Waals surface area contributed by atoms with Crippen molar-refractivity contribution in [3.05, 3.63) is 28.8 Å². The van der Waals surface area contributed by atoms with E-state index in [1.165, 1.54) is 0 Å². The Kier molecular flexibility index (Phi) is 5.06. The second kappa shape index (κ2) is 6.71. The third-order valence-corrected chi connectivity index (χ3v) is 4.12. The van der Waals surface area contributed by atoms with Gasteiger partial charge in [-0.1, -0.05) is 6.07 Å². The van der Waals surface area contributed by atoms with Gasteiger partial charge < -0.3 is 19.8 Å². The first-order valence-corrected chi connectivity index (χ1v) is 8.13. The molecule has 24 heavy (non-hydrogen) atoms. The van der Waals surface area contributed by atoms with Crippen LogP contribution in [-0.2, 0) is 16.0 Å². The first kappa shape index (κ1) is 18.1. The highest BCUT2D eigenvalue weighted by Crippen LogP contribution is 2.39. The molecule has 1 aliphatic rings. The van der Waals surface area contributed by atoms with Crippen molar-refractivity contribution in [2.75, 3.05) is 6.54 Å². The van der Waals surface area contributed by atoms with Crippen molar-refractivity contribution in [1.29, 1.82) is 0 Å². The zero-order chi connectivity index (χ0) is 18.1. The van der Waals surface area contributed by atoms with Crippen molar-refractivity contribution in [3.8, 4) is 5.75 Å². The summed E-state index contributed by atoms with van der Waals surface area (Å²) in [5.41, 5.74) is 1.95. The number of amides is 1. The summed E-state index contributed by atoms with van der Waals surface area (Å²) in [6.07, 6.45) is 0.294. The summed E-state index contributed by atoms with van der Waals surface area (Å²) in [6, 6.07) is 3.03. The zero-order valence-electron chi connectivity index (χ0n) is 14.6. The predicted molar refractivity (Wildman–Crippen MR) is 89.1 cm³/mol. The Morgan fingerprint density at radius 2 is 2.00 bits per heavy atom. The van der Waals surface area contributed by atoms with Gasteiger partial charge in [0.1, 0.15) is 11.4 Å². The maximum absolute atomic E-state index is 12.6. The number of hydrogen-bond acceptors (Lipinski definition) is 4.